The SMILES string of the molecule is CC(ON)OCCC1CCCCC1. The predicted molar refractivity (Wildman–Crippen MR) is 51.9 cm³/mol. The second kappa shape index (κ2) is 6.35. The van der Waals surface area contributed by atoms with Crippen molar-refractivity contribution in [2.45, 2.75) is 51.7 Å². The highest BCUT2D eigenvalue weighted by Gasteiger charge is 2.13. The van der Waals surface area contributed by atoms with Gasteiger partial charge in [0.1, 0.15) is 0 Å². The van der Waals surface area contributed by atoms with Crippen LogP contribution in [0.2, 0.25) is 0 Å². The van der Waals surface area contributed by atoms with Crippen LogP contribution in [0, 0.1) is 5.92 Å². The van der Waals surface area contributed by atoms with Gasteiger partial charge in [-0.25, -0.2) is 5.90 Å². The van der Waals surface area contributed by atoms with Crippen LogP contribution >= 0.6 is 0 Å². The van der Waals surface area contributed by atoms with Gasteiger partial charge in [-0.2, -0.15) is 0 Å². The van der Waals surface area contributed by atoms with E-state index in [1.165, 1.54) is 32.1 Å². The second-order valence-corrected chi connectivity index (χ2v) is 3.87. The zero-order valence-corrected chi connectivity index (χ0v) is 8.50. The van der Waals surface area contributed by atoms with E-state index in [1.807, 2.05) is 6.92 Å². The lowest BCUT2D eigenvalue weighted by molar-refractivity contribution is -0.135. The number of hydrogen-bond donors (Lipinski definition) is 1. The molecule has 0 aromatic carbocycles. The van der Waals surface area contributed by atoms with Crippen molar-refractivity contribution in [3.05, 3.63) is 0 Å². The number of nitrogens with two attached hydrogens (primary N) is 1. The Kier molecular flexibility index (Phi) is 5.35. The van der Waals surface area contributed by atoms with Gasteiger partial charge >= 0.3 is 0 Å². The molecule has 1 rings (SSSR count). The quantitative estimate of drug-likeness (QED) is 0.530. The molecule has 0 aromatic heterocycles. The fourth-order valence-electron chi connectivity index (χ4n) is 1.92. The highest BCUT2D eigenvalue weighted by atomic mass is 16.7. The molecule has 78 valence electrons. The Morgan fingerprint density at radius 3 is 2.62 bits per heavy atom. The minimum atomic E-state index is -0.261. The summed E-state index contributed by atoms with van der Waals surface area (Å²) in [6.07, 6.45) is 7.86. The molecule has 1 atom stereocenters. The summed E-state index contributed by atoms with van der Waals surface area (Å²) in [7, 11) is 0. The molecule has 0 aromatic rings. The van der Waals surface area contributed by atoms with E-state index in [2.05, 4.69) is 4.84 Å². The lowest BCUT2D eigenvalue weighted by Gasteiger charge is -2.21. The van der Waals surface area contributed by atoms with Crippen LogP contribution < -0.4 is 5.90 Å². The van der Waals surface area contributed by atoms with E-state index in [4.69, 9.17) is 10.6 Å². The summed E-state index contributed by atoms with van der Waals surface area (Å²) in [5, 5.41) is 0. The molecular weight excluding hydrogens is 166 g/mol. The normalized spacial score (nSPS) is 21.7. The second-order valence-electron chi connectivity index (χ2n) is 3.87. The summed E-state index contributed by atoms with van der Waals surface area (Å²) in [4.78, 5) is 4.52. The molecular formula is C10H21NO2. The standard InChI is InChI=1S/C10H21NO2/c1-9(13-11)12-8-7-10-5-3-2-4-6-10/h9-10H,2-8,11H2,1H3. The third kappa shape index (κ3) is 4.60. The van der Waals surface area contributed by atoms with Gasteiger partial charge in [-0.15, -0.1) is 0 Å². The lowest BCUT2D eigenvalue weighted by Crippen LogP contribution is -2.19. The van der Waals surface area contributed by atoms with E-state index in [1.54, 1.807) is 0 Å². The Morgan fingerprint density at radius 1 is 1.31 bits per heavy atom. The molecule has 13 heavy (non-hydrogen) atoms. The van der Waals surface area contributed by atoms with Crippen LogP contribution in [-0.2, 0) is 9.57 Å². The average molecular weight is 187 g/mol. The molecule has 0 radical (unpaired) electrons. The molecule has 1 aliphatic carbocycles. The third-order valence-corrected chi connectivity index (χ3v) is 2.80. The Labute approximate surface area is 80.5 Å². The van der Waals surface area contributed by atoms with Gasteiger partial charge in [0.2, 0.25) is 0 Å². The fourth-order valence-corrected chi connectivity index (χ4v) is 1.92. The summed E-state index contributed by atoms with van der Waals surface area (Å²) in [6.45, 7) is 2.60. The molecule has 0 heterocycles. The van der Waals surface area contributed by atoms with Gasteiger partial charge in [-0.1, -0.05) is 32.1 Å². The van der Waals surface area contributed by atoms with Crippen LogP contribution in [-0.4, -0.2) is 12.9 Å². The summed E-state index contributed by atoms with van der Waals surface area (Å²) in [6, 6.07) is 0. The van der Waals surface area contributed by atoms with Crippen LogP contribution in [0.15, 0.2) is 0 Å². The highest BCUT2D eigenvalue weighted by molar-refractivity contribution is 4.65. The minimum absolute atomic E-state index is 0.261. The molecule has 0 amide bonds. The minimum Gasteiger partial charge on any atom is -0.351 e. The molecule has 0 saturated heterocycles. The van der Waals surface area contributed by atoms with Crippen molar-refractivity contribution in [3.8, 4) is 0 Å². The van der Waals surface area contributed by atoms with Gasteiger partial charge < -0.3 is 4.74 Å². The molecule has 0 bridgehead atoms. The first-order valence-corrected chi connectivity index (χ1v) is 5.30. The van der Waals surface area contributed by atoms with Crippen LogP contribution in [0.25, 0.3) is 0 Å². The maximum Gasteiger partial charge on any atom is 0.174 e. The van der Waals surface area contributed by atoms with Crippen molar-refractivity contribution in [1.82, 2.24) is 0 Å². The molecule has 2 N–H and O–H groups in total. The maximum absolute atomic E-state index is 5.35. The molecule has 0 spiro atoms. The molecule has 1 aliphatic rings. The van der Waals surface area contributed by atoms with Crippen molar-refractivity contribution in [3.63, 3.8) is 0 Å². The molecule has 1 fully saturated rings. The lowest BCUT2D eigenvalue weighted by atomic mass is 9.87. The Balaban J connectivity index is 1.98. The smallest absolute Gasteiger partial charge is 0.174 e. The van der Waals surface area contributed by atoms with E-state index in [9.17, 15) is 0 Å². The van der Waals surface area contributed by atoms with E-state index in [0.717, 1.165) is 18.9 Å². The third-order valence-electron chi connectivity index (χ3n) is 2.80. The van der Waals surface area contributed by atoms with Gasteiger partial charge in [0.05, 0.1) is 6.61 Å². The number of rotatable bonds is 5. The van der Waals surface area contributed by atoms with E-state index < -0.39 is 0 Å². The Bertz CT molecular complexity index is 124. The maximum atomic E-state index is 5.35. The van der Waals surface area contributed by atoms with Crippen molar-refractivity contribution in [2.24, 2.45) is 11.8 Å². The van der Waals surface area contributed by atoms with Gasteiger partial charge in [-0.05, 0) is 19.3 Å². The van der Waals surface area contributed by atoms with E-state index >= 15 is 0 Å². The summed E-state index contributed by atoms with van der Waals surface area (Å²) < 4.78 is 5.35. The summed E-state index contributed by atoms with van der Waals surface area (Å²) in [5.74, 6) is 5.84. The largest absolute Gasteiger partial charge is 0.351 e. The van der Waals surface area contributed by atoms with Crippen LogP contribution in [0.5, 0.6) is 0 Å². The first-order chi connectivity index (χ1) is 6.33. The van der Waals surface area contributed by atoms with Crippen molar-refractivity contribution >= 4 is 0 Å². The van der Waals surface area contributed by atoms with Gasteiger partial charge in [0.15, 0.2) is 6.29 Å². The van der Waals surface area contributed by atoms with Crippen LogP contribution in [0.3, 0.4) is 0 Å². The van der Waals surface area contributed by atoms with Crippen LogP contribution in [0.1, 0.15) is 45.4 Å². The first kappa shape index (κ1) is 11.0. The first-order valence-electron chi connectivity index (χ1n) is 5.30. The summed E-state index contributed by atoms with van der Waals surface area (Å²) >= 11 is 0. The molecule has 3 nitrogen and oxygen atoms in total. The van der Waals surface area contributed by atoms with Crippen molar-refractivity contribution in [1.29, 1.82) is 0 Å². The van der Waals surface area contributed by atoms with Gasteiger partial charge in [-0.3, -0.25) is 4.84 Å². The zero-order chi connectivity index (χ0) is 9.52. The van der Waals surface area contributed by atoms with Gasteiger partial charge in [0.25, 0.3) is 0 Å². The molecule has 1 unspecified atom stereocenters. The van der Waals surface area contributed by atoms with E-state index in [0.29, 0.717) is 0 Å². The fraction of sp³-hybridized carbons (Fsp3) is 1.00. The predicted octanol–water partition coefficient (Wildman–Crippen LogP) is 2.21. The highest BCUT2D eigenvalue weighted by Crippen LogP contribution is 2.26. The molecule has 0 aliphatic heterocycles. The van der Waals surface area contributed by atoms with E-state index in [-0.39, 0.29) is 6.29 Å². The van der Waals surface area contributed by atoms with Crippen molar-refractivity contribution < 1.29 is 9.57 Å². The van der Waals surface area contributed by atoms with Crippen LogP contribution in [0.4, 0.5) is 0 Å². The zero-order valence-electron chi connectivity index (χ0n) is 8.50. The summed E-state index contributed by atoms with van der Waals surface area (Å²) in [5.41, 5.74) is 0. The van der Waals surface area contributed by atoms with Gasteiger partial charge in [0, 0.05) is 0 Å². The number of ether oxygens (including phenoxy) is 1. The van der Waals surface area contributed by atoms with Crippen molar-refractivity contribution in [2.75, 3.05) is 6.61 Å². The number of hydrogen-bond acceptors (Lipinski definition) is 3. The molecule has 3 heteroatoms. The molecule has 1 saturated carbocycles. The Hall–Kier alpha value is -0.120. The monoisotopic (exact) mass is 187 g/mol. The average Bonchev–Trinajstić information content (AvgIpc) is 2.19. The topological polar surface area (TPSA) is 44.5 Å². The Morgan fingerprint density at radius 2 is 2.00 bits per heavy atom.